The fourth-order valence-electron chi connectivity index (χ4n) is 1.84. The van der Waals surface area contributed by atoms with Crippen molar-refractivity contribution < 1.29 is 9.72 Å². The number of hydrogen-bond donors (Lipinski definition) is 2. The zero-order chi connectivity index (χ0) is 15.8. The third-order valence-electron chi connectivity index (χ3n) is 2.80. The van der Waals surface area contributed by atoms with Crippen molar-refractivity contribution in [2.45, 2.75) is 20.3 Å². The van der Waals surface area contributed by atoms with Gasteiger partial charge in [0.1, 0.15) is 11.6 Å². The van der Waals surface area contributed by atoms with Crippen molar-refractivity contribution >= 4 is 23.2 Å². The summed E-state index contributed by atoms with van der Waals surface area (Å²) < 4.78 is 0. The van der Waals surface area contributed by atoms with E-state index in [1.807, 2.05) is 13.8 Å². The quantitative estimate of drug-likeness (QED) is 0.555. The van der Waals surface area contributed by atoms with E-state index >= 15 is 0 Å². The number of anilines is 2. The zero-order valence-corrected chi connectivity index (χ0v) is 12.5. The molecule has 21 heavy (non-hydrogen) atoms. The lowest BCUT2D eigenvalue weighted by Crippen LogP contribution is -2.36. The largest absolute Gasteiger partial charge is 0.370 e. The highest BCUT2D eigenvalue weighted by Crippen LogP contribution is 2.23. The number of nitro groups is 1. The lowest BCUT2D eigenvalue weighted by atomic mass is 10.3. The summed E-state index contributed by atoms with van der Waals surface area (Å²) in [6.07, 6.45) is 0.803. The zero-order valence-electron chi connectivity index (χ0n) is 12.5. The Morgan fingerprint density at radius 3 is 2.67 bits per heavy atom. The molecule has 0 fully saturated rings. The molecule has 1 amide bonds. The van der Waals surface area contributed by atoms with Crippen LogP contribution < -0.4 is 15.5 Å². The fourth-order valence-corrected chi connectivity index (χ4v) is 1.84. The van der Waals surface area contributed by atoms with Gasteiger partial charge >= 0.3 is 0 Å². The molecule has 1 aromatic rings. The van der Waals surface area contributed by atoms with Gasteiger partial charge < -0.3 is 15.5 Å². The summed E-state index contributed by atoms with van der Waals surface area (Å²) in [4.78, 5) is 28.2. The molecule has 1 rings (SSSR count). The summed E-state index contributed by atoms with van der Waals surface area (Å²) in [5.41, 5.74) is -0.0473. The number of amides is 1. The van der Waals surface area contributed by atoms with Crippen LogP contribution in [0.25, 0.3) is 0 Å². The number of hydrogen-bond acceptors (Lipinski definition) is 6. The van der Waals surface area contributed by atoms with Crippen molar-refractivity contribution in [2.75, 3.05) is 36.9 Å². The van der Waals surface area contributed by atoms with Gasteiger partial charge in [0.25, 0.3) is 5.69 Å². The van der Waals surface area contributed by atoms with Gasteiger partial charge in [-0.1, -0.05) is 6.92 Å². The van der Waals surface area contributed by atoms with E-state index in [-0.39, 0.29) is 18.1 Å². The predicted molar refractivity (Wildman–Crippen MR) is 81.6 cm³/mol. The average Bonchev–Trinajstić information content (AvgIpc) is 2.46. The Hall–Kier alpha value is -2.38. The molecule has 0 bridgehead atoms. The van der Waals surface area contributed by atoms with Gasteiger partial charge in [-0.15, -0.1) is 0 Å². The molecule has 0 saturated heterocycles. The Kier molecular flexibility index (Phi) is 6.38. The first kappa shape index (κ1) is 16.7. The first-order valence-corrected chi connectivity index (χ1v) is 6.87. The van der Waals surface area contributed by atoms with Crippen LogP contribution in [0.1, 0.15) is 20.3 Å². The monoisotopic (exact) mass is 295 g/mol. The van der Waals surface area contributed by atoms with E-state index in [0.29, 0.717) is 24.7 Å². The summed E-state index contributed by atoms with van der Waals surface area (Å²) in [5, 5.41) is 16.5. The van der Waals surface area contributed by atoms with Gasteiger partial charge in [-0.25, -0.2) is 4.98 Å². The molecule has 116 valence electrons. The second-order valence-electron chi connectivity index (χ2n) is 4.45. The van der Waals surface area contributed by atoms with E-state index in [0.717, 1.165) is 6.42 Å². The molecular formula is C13H21N5O3. The standard InChI is InChI=1S/C13H21N5O3/c1-4-6-17(9-13(19)14-3)12-8-10(18(20)21)7-11(16-12)15-5-2/h7-8H,4-6,9H2,1-3H3,(H,14,19)(H,15,16). The minimum atomic E-state index is -0.462. The molecule has 0 unspecified atom stereocenters. The summed E-state index contributed by atoms with van der Waals surface area (Å²) in [5.74, 6) is 0.687. The molecule has 1 heterocycles. The lowest BCUT2D eigenvalue weighted by Gasteiger charge is -2.22. The lowest BCUT2D eigenvalue weighted by molar-refractivity contribution is -0.384. The Morgan fingerprint density at radius 2 is 2.14 bits per heavy atom. The number of nitrogens with zero attached hydrogens (tertiary/aromatic N) is 3. The molecule has 1 aromatic heterocycles. The minimum absolute atomic E-state index is 0.0473. The molecule has 0 spiro atoms. The summed E-state index contributed by atoms with van der Waals surface area (Å²) in [6, 6.07) is 2.77. The first-order chi connectivity index (χ1) is 10.0. The number of likely N-dealkylation sites (N-methyl/N-ethyl adjacent to an activating group) is 1. The van der Waals surface area contributed by atoms with E-state index in [9.17, 15) is 14.9 Å². The third kappa shape index (κ3) is 4.90. The van der Waals surface area contributed by atoms with Crippen molar-refractivity contribution in [3.8, 4) is 0 Å². The van der Waals surface area contributed by atoms with Crippen LogP contribution in [0, 0.1) is 10.1 Å². The normalized spacial score (nSPS) is 10.0. The van der Waals surface area contributed by atoms with E-state index in [2.05, 4.69) is 15.6 Å². The molecule has 0 saturated carbocycles. The van der Waals surface area contributed by atoms with Crippen LogP contribution in [-0.4, -0.2) is 42.5 Å². The van der Waals surface area contributed by atoms with Crippen LogP contribution >= 0.6 is 0 Å². The van der Waals surface area contributed by atoms with E-state index in [4.69, 9.17) is 0 Å². The van der Waals surface area contributed by atoms with Crippen LogP contribution in [0.3, 0.4) is 0 Å². The van der Waals surface area contributed by atoms with Crippen molar-refractivity contribution in [2.24, 2.45) is 0 Å². The molecule has 0 aromatic carbocycles. The average molecular weight is 295 g/mol. The van der Waals surface area contributed by atoms with Crippen molar-refractivity contribution in [3.63, 3.8) is 0 Å². The number of carbonyl (C=O) groups is 1. The second kappa shape index (κ2) is 8.03. The number of carbonyl (C=O) groups excluding carboxylic acids is 1. The van der Waals surface area contributed by atoms with Crippen LogP contribution in [-0.2, 0) is 4.79 Å². The van der Waals surface area contributed by atoms with Gasteiger partial charge in [0.15, 0.2) is 0 Å². The SMILES string of the molecule is CCCN(CC(=O)NC)c1cc([N+](=O)[O-])cc(NCC)n1. The molecule has 8 nitrogen and oxygen atoms in total. The van der Waals surface area contributed by atoms with E-state index in [1.54, 1.807) is 11.9 Å². The third-order valence-corrected chi connectivity index (χ3v) is 2.80. The van der Waals surface area contributed by atoms with Gasteiger partial charge in [-0.3, -0.25) is 14.9 Å². The minimum Gasteiger partial charge on any atom is -0.370 e. The fraction of sp³-hybridized carbons (Fsp3) is 0.538. The molecular weight excluding hydrogens is 274 g/mol. The topological polar surface area (TPSA) is 100 Å². The van der Waals surface area contributed by atoms with Crippen molar-refractivity contribution in [1.29, 1.82) is 0 Å². The van der Waals surface area contributed by atoms with Gasteiger partial charge in [-0.2, -0.15) is 0 Å². The molecule has 0 radical (unpaired) electrons. The number of rotatable bonds is 8. The summed E-state index contributed by atoms with van der Waals surface area (Å²) in [6.45, 7) is 5.17. The van der Waals surface area contributed by atoms with Crippen LogP contribution in [0.15, 0.2) is 12.1 Å². The van der Waals surface area contributed by atoms with Gasteiger partial charge in [-0.05, 0) is 13.3 Å². The molecule has 8 heteroatoms. The Morgan fingerprint density at radius 1 is 1.43 bits per heavy atom. The maximum absolute atomic E-state index is 11.6. The summed E-state index contributed by atoms with van der Waals surface area (Å²) in [7, 11) is 1.55. The molecule has 0 atom stereocenters. The molecule has 2 N–H and O–H groups in total. The van der Waals surface area contributed by atoms with Crippen molar-refractivity contribution in [1.82, 2.24) is 10.3 Å². The van der Waals surface area contributed by atoms with Gasteiger partial charge in [0, 0.05) is 20.1 Å². The van der Waals surface area contributed by atoms with Gasteiger partial charge in [0.2, 0.25) is 5.91 Å². The number of pyridine rings is 1. The first-order valence-electron chi connectivity index (χ1n) is 6.87. The van der Waals surface area contributed by atoms with E-state index in [1.165, 1.54) is 12.1 Å². The van der Waals surface area contributed by atoms with E-state index < -0.39 is 4.92 Å². The Labute approximate surface area is 123 Å². The van der Waals surface area contributed by atoms with Crippen LogP contribution in [0.5, 0.6) is 0 Å². The Balaban J connectivity index is 3.15. The number of aromatic nitrogens is 1. The Bertz CT molecular complexity index is 507. The highest BCUT2D eigenvalue weighted by molar-refractivity contribution is 5.81. The predicted octanol–water partition coefficient (Wildman–Crippen LogP) is 1.38. The van der Waals surface area contributed by atoms with Crippen molar-refractivity contribution in [3.05, 3.63) is 22.2 Å². The highest BCUT2D eigenvalue weighted by atomic mass is 16.6. The number of nitrogens with one attached hydrogen (secondary N) is 2. The molecule has 0 aliphatic rings. The highest BCUT2D eigenvalue weighted by Gasteiger charge is 2.17. The van der Waals surface area contributed by atoms with Gasteiger partial charge in [0.05, 0.1) is 23.6 Å². The smallest absolute Gasteiger partial charge is 0.276 e. The summed E-state index contributed by atoms with van der Waals surface area (Å²) >= 11 is 0. The molecule has 0 aliphatic heterocycles. The maximum Gasteiger partial charge on any atom is 0.276 e. The molecule has 0 aliphatic carbocycles. The second-order valence-corrected chi connectivity index (χ2v) is 4.45. The van der Waals surface area contributed by atoms with Crippen LogP contribution in [0.2, 0.25) is 0 Å². The van der Waals surface area contributed by atoms with Crippen LogP contribution in [0.4, 0.5) is 17.3 Å². The maximum atomic E-state index is 11.6.